The van der Waals surface area contributed by atoms with Crippen LogP contribution in [0.3, 0.4) is 0 Å². The molecule has 0 aliphatic heterocycles. The smallest absolute Gasteiger partial charge is 0.242 e. The van der Waals surface area contributed by atoms with Crippen LogP contribution in [0.15, 0.2) is 54.6 Å². The fourth-order valence-corrected chi connectivity index (χ4v) is 2.92. The number of carbonyl (C=O) groups is 1. The molecule has 5 nitrogen and oxygen atoms in total. The molecule has 138 valence electrons. The third-order valence-corrected chi connectivity index (χ3v) is 4.50. The van der Waals surface area contributed by atoms with E-state index in [-0.39, 0.29) is 11.9 Å². The normalized spacial score (nSPS) is 14.7. The first kappa shape index (κ1) is 18.3. The summed E-state index contributed by atoms with van der Waals surface area (Å²) in [5.41, 5.74) is 0.991. The van der Waals surface area contributed by atoms with Crippen molar-refractivity contribution in [2.24, 2.45) is 0 Å². The topological polar surface area (TPSA) is 50.8 Å². The zero-order chi connectivity index (χ0) is 18.4. The van der Waals surface area contributed by atoms with Crippen molar-refractivity contribution >= 4 is 5.91 Å². The highest BCUT2D eigenvalue weighted by atomic mass is 16.5. The second-order valence-corrected chi connectivity index (χ2v) is 6.58. The van der Waals surface area contributed by atoms with Crippen molar-refractivity contribution in [3.05, 3.63) is 60.2 Å². The molecule has 3 rings (SSSR count). The van der Waals surface area contributed by atoms with Gasteiger partial charge in [-0.3, -0.25) is 9.69 Å². The summed E-state index contributed by atoms with van der Waals surface area (Å²) in [6.07, 6.45) is 2.15. The molecule has 0 saturated heterocycles. The maximum atomic E-state index is 12.8. The monoisotopic (exact) mass is 354 g/mol. The Labute approximate surface area is 154 Å². The van der Waals surface area contributed by atoms with Crippen molar-refractivity contribution in [3.63, 3.8) is 0 Å². The van der Waals surface area contributed by atoms with Gasteiger partial charge in [-0.2, -0.15) is 0 Å². The van der Waals surface area contributed by atoms with Crippen LogP contribution in [0, 0.1) is 0 Å². The Bertz CT molecular complexity index is 716. The summed E-state index contributed by atoms with van der Waals surface area (Å²) in [5, 5.41) is 3.12. The minimum Gasteiger partial charge on any atom is -0.493 e. The number of hydrogen-bond acceptors (Lipinski definition) is 4. The second kappa shape index (κ2) is 8.72. The predicted octanol–water partition coefficient (Wildman–Crippen LogP) is 3.03. The number of para-hydroxylation sites is 2. The summed E-state index contributed by atoms with van der Waals surface area (Å²) in [7, 11) is 3.58. The van der Waals surface area contributed by atoms with Gasteiger partial charge in [-0.25, -0.2) is 0 Å². The Morgan fingerprint density at radius 1 is 1.12 bits per heavy atom. The molecule has 1 aliphatic rings. The van der Waals surface area contributed by atoms with Gasteiger partial charge in [-0.1, -0.05) is 42.5 Å². The number of nitrogens with one attached hydrogen (secondary N) is 1. The molecule has 0 bridgehead atoms. The van der Waals surface area contributed by atoms with E-state index >= 15 is 0 Å². The summed E-state index contributed by atoms with van der Waals surface area (Å²) in [6.45, 7) is 1.09. The average Bonchev–Trinajstić information content (AvgIpc) is 3.47. The first-order chi connectivity index (χ1) is 12.7. The molecule has 0 spiro atoms. The second-order valence-electron chi connectivity index (χ2n) is 6.58. The number of methoxy groups -OCH3 is 1. The molecule has 0 aromatic heterocycles. The summed E-state index contributed by atoms with van der Waals surface area (Å²) >= 11 is 0. The molecule has 1 N–H and O–H groups in total. The summed E-state index contributed by atoms with van der Waals surface area (Å²) in [4.78, 5) is 14.8. The van der Waals surface area contributed by atoms with E-state index in [2.05, 4.69) is 5.32 Å². The van der Waals surface area contributed by atoms with E-state index in [1.54, 1.807) is 7.11 Å². The average molecular weight is 354 g/mol. The van der Waals surface area contributed by atoms with E-state index in [0.717, 1.165) is 18.4 Å². The van der Waals surface area contributed by atoms with Gasteiger partial charge >= 0.3 is 0 Å². The van der Waals surface area contributed by atoms with Crippen LogP contribution in [0.25, 0.3) is 0 Å². The highest BCUT2D eigenvalue weighted by molar-refractivity contribution is 5.83. The molecule has 5 heteroatoms. The molecule has 0 heterocycles. The molecule has 1 amide bonds. The molecule has 2 aromatic carbocycles. The number of carbonyl (C=O) groups excluding carboxylic acids is 1. The quantitative estimate of drug-likeness (QED) is 0.752. The van der Waals surface area contributed by atoms with Gasteiger partial charge in [0.05, 0.1) is 7.11 Å². The number of nitrogens with zero attached hydrogens (tertiary/aromatic N) is 1. The fourth-order valence-electron chi connectivity index (χ4n) is 2.92. The molecule has 1 aliphatic carbocycles. The van der Waals surface area contributed by atoms with Gasteiger partial charge in [-0.15, -0.1) is 0 Å². The predicted molar refractivity (Wildman–Crippen MR) is 101 cm³/mol. The molecule has 1 unspecified atom stereocenters. The highest BCUT2D eigenvalue weighted by Gasteiger charge is 2.30. The lowest BCUT2D eigenvalue weighted by Crippen LogP contribution is -2.41. The first-order valence-corrected chi connectivity index (χ1v) is 9.00. The van der Waals surface area contributed by atoms with Crippen LogP contribution in [-0.2, 0) is 4.79 Å². The van der Waals surface area contributed by atoms with E-state index in [9.17, 15) is 4.79 Å². The van der Waals surface area contributed by atoms with Crippen LogP contribution < -0.4 is 14.8 Å². The lowest BCUT2D eigenvalue weighted by Gasteiger charge is -2.27. The third-order valence-electron chi connectivity index (χ3n) is 4.50. The van der Waals surface area contributed by atoms with Crippen molar-refractivity contribution in [2.75, 3.05) is 27.3 Å². The Morgan fingerprint density at radius 3 is 2.42 bits per heavy atom. The maximum Gasteiger partial charge on any atom is 0.242 e. The van der Waals surface area contributed by atoms with Gasteiger partial charge < -0.3 is 14.8 Å². The highest BCUT2D eigenvalue weighted by Crippen LogP contribution is 2.26. The number of likely N-dealkylation sites (N-methyl/N-ethyl adjacent to an activating group) is 1. The van der Waals surface area contributed by atoms with Crippen molar-refractivity contribution in [3.8, 4) is 11.5 Å². The van der Waals surface area contributed by atoms with Gasteiger partial charge in [0.2, 0.25) is 5.91 Å². The van der Waals surface area contributed by atoms with Crippen molar-refractivity contribution < 1.29 is 14.3 Å². The number of amides is 1. The molecule has 1 fully saturated rings. The standard InChI is InChI=1S/C21H26N2O3/c1-23(14-15-26-19-11-7-6-10-18(19)25-2)20(16-8-4-3-5-9-16)21(24)22-17-12-13-17/h3-11,17,20H,12-15H2,1-2H3,(H,22,24). The Morgan fingerprint density at radius 2 is 1.77 bits per heavy atom. The minimum atomic E-state index is -0.321. The molecule has 2 aromatic rings. The van der Waals surface area contributed by atoms with E-state index in [0.29, 0.717) is 30.7 Å². The van der Waals surface area contributed by atoms with Crippen LogP contribution in [0.1, 0.15) is 24.4 Å². The third kappa shape index (κ3) is 4.76. The van der Waals surface area contributed by atoms with Crippen LogP contribution in [0.4, 0.5) is 0 Å². The van der Waals surface area contributed by atoms with E-state index in [4.69, 9.17) is 9.47 Å². The molecular formula is C21H26N2O3. The van der Waals surface area contributed by atoms with Gasteiger partial charge in [0, 0.05) is 12.6 Å². The maximum absolute atomic E-state index is 12.8. The minimum absolute atomic E-state index is 0.0542. The van der Waals surface area contributed by atoms with Crippen molar-refractivity contribution in [1.82, 2.24) is 10.2 Å². The van der Waals surface area contributed by atoms with E-state index in [1.165, 1.54) is 0 Å². The zero-order valence-electron chi connectivity index (χ0n) is 15.4. The lowest BCUT2D eigenvalue weighted by atomic mass is 10.0. The number of ether oxygens (including phenoxy) is 2. The molecule has 26 heavy (non-hydrogen) atoms. The number of hydrogen-bond donors (Lipinski definition) is 1. The Balaban J connectivity index is 1.63. The fraction of sp³-hybridized carbons (Fsp3) is 0.381. The van der Waals surface area contributed by atoms with E-state index < -0.39 is 0 Å². The van der Waals surface area contributed by atoms with Gasteiger partial charge in [0.1, 0.15) is 12.6 Å². The SMILES string of the molecule is COc1ccccc1OCCN(C)C(C(=O)NC1CC1)c1ccccc1. The molecule has 1 atom stereocenters. The summed E-state index contributed by atoms with van der Waals surface area (Å²) < 4.78 is 11.2. The Kier molecular flexibility index (Phi) is 6.12. The lowest BCUT2D eigenvalue weighted by molar-refractivity contribution is -0.126. The van der Waals surface area contributed by atoms with Crippen molar-refractivity contribution in [1.29, 1.82) is 0 Å². The molecule has 0 radical (unpaired) electrons. The number of benzene rings is 2. The number of rotatable bonds is 9. The van der Waals surface area contributed by atoms with Crippen LogP contribution in [-0.4, -0.2) is 44.2 Å². The van der Waals surface area contributed by atoms with Gasteiger partial charge in [-0.05, 0) is 37.6 Å². The summed E-state index contributed by atoms with van der Waals surface area (Å²) in [6, 6.07) is 17.5. The zero-order valence-corrected chi connectivity index (χ0v) is 15.4. The Hall–Kier alpha value is -2.53. The molecular weight excluding hydrogens is 328 g/mol. The summed E-state index contributed by atoms with van der Waals surface area (Å²) in [5.74, 6) is 1.47. The van der Waals surface area contributed by atoms with Crippen LogP contribution >= 0.6 is 0 Å². The van der Waals surface area contributed by atoms with Crippen molar-refractivity contribution in [2.45, 2.75) is 24.9 Å². The van der Waals surface area contributed by atoms with Gasteiger partial charge in [0.25, 0.3) is 0 Å². The van der Waals surface area contributed by atoms with E-state index in [1.807, 2.05) is 66.5 Å². The largest absolute Gasteiger partial charge is 0.493 e. The van der Waals surface area contributed by atoms with Crippen LogP contribution in [0.5, 0.6) is 11.5 Å². The first-order valence-electron chi connectivity index (χ1n) is 9.00. The van der Waals surface area contributed by atoms with Crippen LogP contribution in [0.2, 0.25) is 0 Å². The van der Waals surface area contributed by atoms with Gasteiger partial charge in [0.15, 0.2) is 11.5 Å². The molecule has 1 saturated carbocycles.